The standard InChI is InChI=1S/C23H25N3O2S/c27-20(16-25-13-7-8-14-25)17-26-22(28)21(15-18-9-3-1-4-10-18)29-23(26)24-19-11-5-2-6-12-19/h1-6,9-12,15,20,27H,7-8,13-14,16-17H2/b21-15+,24-23?. The quantitative estimate of drug-likeness (QED) is 0.741. The van der Waals surface area contributed by atoms with E-state index in [-0.39, 0.29) is 12.5 Å². The van der Waals surface area contributed by atoms with Crippen LogP contribution in [0.15, 0.2) is 70.6 Å². The van der Waals surface area contributed by atoms with Crippen molar-refractivity contribution in [3.8, 4) is 0 Å². The summed E-state index contributed by atoms with van der Waals surface area (Å²) in [6, 6.07) is 19.4. The van der Waals surface area contributed by atoms with Gasteiger partial charge in [-0.3, -0.25) is 9.69 Å². The van der Waals surface area contributed by atoms with Gasteiger partial charge in [0.1, 0.15) is 0 Å². The number of amidine groups is 1. The minimum absolute atomic E-state index is 0.103. The van der Waals surface area contributed by atoms with Crippen molar-refractivity contribution in [1.82, 2.24) is 9.80 Å². The number of aliphatic hydroxyl groups excluding tert-OH is 1. The van der Waals surface area contributed by atoms with E-state index in [2.05, 4.69) is 9.89 Å². The van der Waals surface area contributed by atoms with Gasteiger partial charge >= 0.3 is 0 Å². The molecule has 2 heterocycles. The van der Waals surface area contributed by atoms with Crippen molar-refractivity contribution in [1.29, 1.82) is 0 Å². The Morgan fingerprint density at radius 3 is 2.34 bits per heavy atom. The van der Waals surface area contributed by atoms with E-state index in [1.165, 1.54) is 24.6 Å². The first-order chi connectivity index (χ1) is 14.2. The van der Waals surface area contributed by atoms with Crippen molar-refractivity contribution in [2.45, 2.75) is 18.9 Å². The van der Waals surface area contributed by atoms with Gasteiger partial charge in [-0.1, -0.05) is 48.5 Å². The van der Waals surface area contributed by atoms with Crippen LogP contribution in [0.1, 0.15) is 18.4 Å². The molecule has 0 aliphatic carbocycles. The maximum atomic E-state index is 13.1. The number of carbonyl (C=O) groups excluding carboxylic acids is 1. The highest BCUT2D eigenvalue weighted by Crippen LogP contribution is 2.34. The number of para-hydroxylation sites is 1. The molecule has 5 nitrogen and oxygen atoms in total. The summed E-state index contributed by atoms with van der Waals surface area (Å²) >= 11 is 1.36. The molecule has 4 rings (SSSR count). The van der Waals surface area contributed by atoms with Crippen LogP contribution in [-0.2, 0) is 4.79 Å². The summed E-state index contributed by atoms with van der Waals surface area (Å²) in [4.78, 5) is 22.3. The number of aliphatic hydroxyl groups is 1. The lowest BCUT2D eigenvalue weighted by molar-refractivity contribution is -0.123. The minimum Gasteiger partial charge on any atom is -0.390 e. The molecular formula is C23H25N3O2S. The monoisotopic (exact) mass is 407 g/mol. The number of β-amino-alcohol motifs (C(OH)–C–C–N with tert-alkyl or cyclic N) is 1. The highest BCUT2D eigenvalue weighted by molar-refractivity contribution is 8.18. The van der Waals surface area contributed by atoms with Crippen molar-refractivity contribution in [3.63, 3.8) is 0 Å². The second-order valence-electron chi connectivity index (χ2n) is 7.33. The molecule has 0 bridgehead atoms. The second-order valence-corrected chi connectivity index (χ2v) is 8.34. The first-order valence-electron chi connectivity index (χ1n) is 10.00. The molecule has 1 amide bonds. The van der Waals surface area contributed by atoms with E-state index in [9.17, 15) is 9.90 Å². The zero-order valence-electron chi connectivity index (χ0n) is 16.3. The van der Waals surface area contributed by atoms with Gasteiger partial charge < -0.3 is 10.0 Å². The predicted molar refractivity (Wildman–Crippen MR) is 119 cm³/mol. The predicted octanol–water partition coefficient (Wildman–Crippen LogP) is 3.75. The number of nitrogens with zero attached hydrogens (tertiary/aromatic N) is 3. The zero-order chi connectivity index (χ0) is 20.1. The van der Waals surface area contributed by atoms with Crippen molar-refractivity contribution >= 4 is 34.6 Å². The molecule has 2 aromatic carbocycles. The Balaban J connectivity index is 1.57. The van der Waals surface area contributed by atoms with Gasteiger partial charge in [-0.25, -0.2) is 4.99 Å². The van der Waals surface area contributed by atoms with Crippen LogP contribution in [0.2, 0.25) is 0 Å². The van der Waals surface area contributed by atoms with Crippen LogP contribution < -0.4 is 0 Å². The second kappa shape index (κ2) is 9.39. The van der Waals surface area contributed by atoms with Crippen LogP contribution in [0.4, 0.5) is 5.69 Å². The minimum atomic E-state index is -0.602. The molecular weight excluding hydrogens is 382 g/mol. The Hall–Kier alpha value is -2.41. The molecule has 1 unspecified atom stereocenters. The molecule has 1 N–H and O–H groups in total. The van der Waals surface area contributed by atoms with E-state index in [4.69, 9.17) is 0 Å². The fraction of sp³-hybridized carbons (Fsp3) is 0.304. The molecule has 0 aromatic heterocycles. The Labute approximate surface area is 175 Å². The molecule has 150 valence electrons. The zero-order valence-corrected chi connectivity index (χ0v) is 17.1. The lowest BCUT2D eigenvalue weighted by atomic mass is 10.2. The topological polar surface area (TPSA) is 56.1 Å². The van der Waals surface area contributed by atoms with Gasteiger partial charge in [-0.05, 0) is 61.5 Å². The van der Waals surface area contributed by atoms with Gasteiger partial charge in [0.2, 0.25) is 0 Å². The van der Waals surface area contributed by atoms with Crippen molar-refractivity contribution in [2.75, 3.05) is 26.2 Å². The van der Waals surface area contributed by atoms with E-state index in [1.807, 2.05) is 66.7 Å². The average molecular weight is 408 g/mol. The van der Waals surface area contributed by atoms with Crippen molar-refractivity contribution in [2.24, 2.45) is 4.99 Å². The van der Waals surface area contributed by atoms with E-state index < -0.39 is 6.10 Å². The third-order valence-corrected chi connectivity index (χ3v) is 6.03. The number of hydrogen-bond donors (Lipinski definition) is 1. The molecule has 2 aliphatic heterocycles. The molecule has 6 heteroatoms. The number of carbonyl (C=O) groups is 1. The third kappa shape index (κ3) is 5.15. The molecule has 0 spiro atoms. The number of aliphatic imine (C=N–C) groups is 1. The lowest BCUT2D eigenvalue weighted by Gasteiger charge is -2.23. The van der Waals surface area contributed by atoms with Crippen LogP contribution in [0.5, 0.6) is 0 Å². The van der Waals surface area contributed by atoms with Gasteiger partial charge in [0.25, 0.3) is 5.91 Å². The summed E-state index contributed by atoms with van der Waals surface area (Å²) in [7, 11) is 0. The van der Waals surface area contributed by atoms with E-state index in [0.29, 0.717) is 16.6 Å². The smallest absolute Gasteiger partial charge is 0.266 e. The van der Waals surface area contributed by atoms with Gasteiger partial charge in [0.05, 0.1) is 23.2 Å². The van der Waals surface area contributed by atoms with E-state index >= 15 is 0 Å². The molecule has 2 aromatic rings. The number of thioether (sulfide) groups is 1. The summed E-state index contributed by atoms with van der Waals surface area (Å²) in [6.45, 7) is 2.87. The van der Waals surface area contributed by atoms with Crippen LogP contribution in [0.25, 0.3) is 6.08 Å². The first-order valence-corrected chi connectivity index (χ1v) is 10.8. The first kappa shape index (κ1) is 19.9. The SMILES string of the molecule is O=C1/C(=C\c2ccccc2)SC(=Nc2ccccc2)N1CC(O)CN1CCCC1. The molecule has 2 aliphatic rings. The molecule has 0 saturated carbocycles. The van der Waals surface area contributed by atoms with Gasteiger partial charge in [0, 0.05) is 6.54 Å². The largest absolute Gasteiger partial charge is 0.390 e. The van der Waals surface area contributed by atoms with Gasteiger partial charge in [-0.15, -0.1) is 0 Å². The Bertz CT molecular complexity index is 893. The third-order valence-electron chi connectivity index (χ3n) is 5.03. The van der Waals surface area contributed by atoms with Crippen LogP contribution in [0, 0.1) is 0 Å². The number of rotatable bonds is 6. The van der Waals surface area contributed by atoms with Crippen LogP contribution in [0.3, 0.4) is 0 Å². The normalized spacial score (nSPS) is 21.4. The fourth-order valence-corrected chi connectivity index (χ4v) is 4.61. The number of hydrogen-bond acceptors (Lipinski definition) is 5. The highest BCUT2D eigenvalue weighted by Gasteiger charge is 2.35. The van der Waals surface area contributed by atoms with Crippen molar-refractivity contribution < 1.29 is 9.90 Å². The average Bonchev–Trinajstić information content (AvgIpc) is 3.34. The number of amides is 1. The highest BCUT2D eigenvalue weighted by atomic mass is 32.2. The number of likely N-dealkylation sites (tertiary alicyclic amines) is 1. The molecule has 1 atom stereocenters. The van der Waals surface area contributed by atoms with Gasteiger partial charge in [0.15, 0.2) is 5.17 Å². The lowest BCUT2D eigenvalue weighted by Crippen LogP contribution is -2.41. The summed E-state index contributed by atoms with van der Waals surface area (Å²) in [5, 5.41) is 11.2. The van der Waals surface area contributed by atoms with E-state index in [0.717, 1.165) is 24.3 Å². The summed E-state index contributed by atoms with van der Waals surface area (Å²) < 4.78 is 0. The summed E-state index contributed by atoms with van der Waals surface area (Å²) in [5.74, 6) is -0.103. The molecule has 2 fully saturated rings. The number of benzene rings is 2. The maximum absolute atomic E-state index is 13.1. The summed E-state index contributed by atoms with van der Waals surface area (Å²) in [6.07, 6.45) is 3.64. The van der Waals surface area contributed by atoms with Crippen LogP contribution >= 0.6 is 11.8 Å². The Kier molecular flexibility index (Phi) is 6.44. The summed E-state index contributed by atoms with van der Waals surface area (Å²) in [5.41, 5.74) is 1.77. The van der Waals surface area contributed by atoms with Crippen LogP contribution in [-0.4, -0.2) is 58.3 Å². The van der Waals surface area contributed by atoms with Gasteiger partial charge in [-0.2, -0.15) is 0 Å². The molecule has 2 saturated heterocycles. The molecule has 29 heavy (non-hydrogen) atoms. The Morgan fingerprint density at radius 2 is 1.66 bits per heavy atom. The maximum Gasteiger partial charge on any atom is 0.266 e. The van der Waals surface area contributed by atoms with E-state index in [1.54, 1.807) is 4.90 Å². The Morgan fingerprint density at radius 1 is 1.00 bits per heavy atom. The molecule has 0 radical (unpaired) electrons. The fourth-order valence-electron chi connectivity index (χ4n) is 3.60. The van der Waals surface area contributed by atoms with Crippen molar-refractivity contribution in [3.05, 3.63) is 71.1 Å².